The average molecular weight is 312 g/mol. The van der Waals surface area contributed by atoms with Crippen molar-refractivity contribution in [2.24, 2.45) is 0 Å². The highest BCUT2D eigenvalue weighted by Gasteiger charge is 2.15. The zero-order valence-corrected chi connectivity index (χ0v) is 12.9. The number of fused-ring (bicyclic) bond motifs is 1. The van der Waals surface area contributed by atoms with Crippen LogP contribution in [0, 0.1) is 0 Å². The second-order valence-corrected chi connectivity index (χ2v) is 4.84. The molecule has 5 heteroatoms. The van der Waals surface area contributed by atoms with Gasteiger partial charge in [-0.05, 0) is 42.5 Å². The molecular formula is C18H16O5. The Bertz CT molecular complexity index is 742. The van der Waals surface area contributed by atoms with E-state index in [4.69, 9.17) is 18.9 Å². The molecule has 1 aliphatic heterocycles. The lowest BCUT2D eigenvalue weighted by Gasteiger charge is -2.09. The molecule has 0 saturated carbocycles. The summed E-state index contributed by atoms with van der Waals surface area (Å²) in [7, 11) is 3.15. The van der Waals surface area contributed by atoms with E-state index in [1.165, 1.54) is 6.08 Å². The monoisotopic (exact) mass is 312 g/mol. The van der Waals surface area contributed by atoms with E-state index in [0.717, 1.165) is 0 Å². The zero-order chi connectivity index (χ0) is 16.2. The lowest BCUT2D eigenvalue weighted by atomic mass is 10.1. The summed E-state index contributed by atoms with van der Waals surface area (Å²) in [6.07, 6.45) is 3.17. The Morgan fingerprint density at radius 3 is 2.43 bits per heavy atom. The topological polar surface area (TPSA) is 54.0 Å². The number of ether oxygens (including phenoxy) is 4. The summed E-state index contributed by atoms with van der Waals surface area (Å²) in [5, 5.41) is 0. The molecule has 0 N–H and O–H groups in total. The van der Waals surface area contributed by atoms with Gasteiger partial charge >= 0.3 is 0 Å². The molecule has 0 bridgehead atoms. The summed E-state index contributed by atoms with van der Waals surface area (Å²) in [6.45, 7) is 0.182. The number of hydrogen-bond acceptors (Lipinski definition) is 5. The van der Waals surface area contributed by atoms with Gasteiger partial charge in [-0.25, -0.2) is 0 Å². The molecule has 0 radical (unpaired) electrons. The molecular weight excluding hydrogens is 296 g/mol. The molecule has 5 nitrogen and oxygen atoms in total. The van der Waals surface area contributed by atoms with Crippen molar-refractivity contribution in [1.29, 1.82) is 0 Å². The van der Waals surface area contributed by atoms with Crippen LogP contribution < -0.4 is 18.9 Å². The highest BCUT2D eigenvalue weighted by Crippen LogP contribution is 2.33. The third-order valence-corrected chi connectivity index (χ3v) is 3.52. The van der Waals surface area contributed by atoms with Crippen LogP contribution in [0.15, 0.2) is 42.5 Å². The molecule has 0 aromatic heterocycles. The fourth-order valence-electron chi connectivity index (χ4n) is 2.35. The number of hydrogen-bond donors (Lipinski definition) is 0. The summed E-state index contributed by atoms with van der Waals surface area (Å²) >= 11 is 0. The van der Waals surface area contributed by atoms with Gasteiger partial charge in [0.05, 0.1) is 19.8 Å². The Hall–Kier alpha value is -2.95. The SMILES string of the molecule is COc1cccc(OC)c1/C=C/C(=O)c1ccc2c(c1)OCO2. The van der Waals surface area contributed by atoms with E-state index >= 15 is 0 Å². The van der Waals surface area contributed by atoms with Crippen molar-refractivity contribution < 1.29 is 23.7 Å². The van der Waals surface area contributed by atoms with Crippen molar-refractivity contribution >= 4 is 11.9 Å². The lowest BCUT2D eigenvalue weighted by molar-refractivity contribution is 0.104. The fourth-order valence-corrected chi connectivity index (χ4v) is 2.35. The van der Waals surface area contributed by atoms with Gasteiger partial charge in [0.2, 0.25) is 6.79 Å². The maximum Gasteiger partial charge on any atom is 0.231 e. The molecule has 2 aromatic rings. The van der Waals surface area contributed by atoms with Crippen LogP contribution in [0.4, 0.5) is 0 Å². The number of carbonyl (C=O) groups excluding carboxylic acids is 1. The van der Waals surface area contributed by atoms with E-state index in [0.29, 0.717) is 34.1 Å². The summed E-state index contributed by atoms with van der Waals surface area (Å²) in [5.41, 5.74) is 1.24. The minimum atomic E-state index is -0.142. The van der Waals surface area contributed by atoms with Crippen molar-refractivity contribution in [3.05, 3.63) is 53.6 Å². The van der Waals surface area contributed by atoms with Crippen LogP contribution in [0.1, 0.15) is 15.9 Å². The van der Waals surface area contributed by atoms with Crippen LogP contribution in [0.3, 0.4) is 0 Å². The molecule has 0 fully saturated rings. The molecule has 0 unspecified atom stereocenters. The van der Waals surface area contributed by atoms with Crippen molar-refractivity contribution in [2.45, 2.75) is 0 Å². The van der Waals surface area contributed by atoms with Crippen LogP contribution in [-0.4, -0.2) is 26.8 Å². The van der Waals surface area contributed by atoms with Gasteiger partial charge in [0.15, 0.2) is 17.3 Å². The Kier molecular flexibility index (Phi) is 4.19. The Labute approximate surface area is 134 Å². The first kappa shape index (κ1) is 15.0. The van der Waals surface area contributed by atoms with Crippen LogP contribution in [0.5, 0.6) is 23.0 Å². The van der Waals surface area contributed by atoms with Crippen molar-refractivity contribution in [3.63, 3.8) is 0 Å². The summed E-state index contributed by atoms with van der Waals surface area (Å²) < 4.78 is 21.1. The number of methoxy groups -OCH3 is 2. The molecule has 1 aliphatic rings. The van der Waals surface area contributed by atoms with Crippen molar-refractivity contribution in [2.75, 3.05) is 21.0 Å². The van der Waals surface area contributed by atoms with Crippen molar-refractivity contribution in [3.8, 4) is 23.0 Å². The first-order valence-electron chi connectivity index (χ1n) is 7.06. The Balaban J connectivity index is 1.87. The van der Waals surface area contributed by atoms with E-state index in [1.54, 1.807) is 38.5 Å². The summed E-state index contributed by atoms with van der Waals surface area (Å²) in [5.74, 6) is 2.37. The summed E-state index contributed by atoms with van der Waals surface area (Å²) in [6, 6.07) is 10.6. The van der Waals surface area contributed by atoms with Gasteiger partial charge in [0.25, 0.3) is 0 Å². The molecule has 3 rings (SSSR count). The van der Waals surface area contributed by atoms with Gasteiger partial charge in [0, 0.05) is 5.56 Å². The zero-order valence-electron chi connectivity index (χ0n) is 12.9. The molecule has 0 atom stereocenters. The standard InChI is InChI=1S/C18H16O5/c1-20-15-4-3-5-16(21-2)13(15)7-8-14(19)12-6-9-17-18(10-12)23-11-22-17/h3-10H,11H2,1-2H3/b8-7+. The predicted molar refractivity (Wildman–Crippen MR) is 85.5 cm³/mol. The lowest BCUT2D eigenvalue weighted by Crippen LogP contribution is -1.96. The quantitative estimate of drug-likeness (QED) is 0.626. The van der Waals surface area contributed by atoms with E-state index in [-0.39, 0.29) is 12.6 Å². The average Bonchev–Trinajstić information content (AvgIpc) is 3.06. The second kappa shape index (κ2) is 6.44. The third-order valence-electron chi connectivity index (χ3n) is 3.52. The largest absolute Gasteiger partial charge is 0.496 e. The van der Waals surface area contributed by atoms with Crippen LogP contribution >= 0.6 is 0 Å². The van der Waals surface area contributed by atoms with Gasteiger partial charge in [-0.3, -0.25) is 4.79 Å². The van der Waals surface area contributed by atoms with E-state index < -0.39 is 0 Å². The van der Waals surface area contributed by atoms with Crippen LogP contribution in [0.25, 0.3) is 6.08 Å². The second-order valence-electron chi connectivity index (χ2n) is 4.84. The van der Waals surface area contributed by atoms with Gasteiger partial charge in [-0.1, -0.05) is 6.07 Å². The first-order valence-corrected chi connectivity index (χ1v) is 7.06. The van der Waals surface area contributed by atoms with E-state index in [2.05, 4.69) is 0 Å². The first-order chi connectivity index (χ1) is 11.2. The Morgan fingerprint density at radius 1 is 1.04 bits per heavy atom. The number of allylic oxidation sites excluding steroid dienone is 1. The number of rotatable bonds is 5. The maximum absolute atomic E-state index is 12.4. The molecule has 118 valence electrons. The van der Waals surface area contributed by atoms with Crippen LogP contribution in [-0.2, 0) is 0 Å². The van der Waals surface area contributed by atoms with E-state index in [1.807, 2.05) is 18.2 Å². The fraction of sp³-hybridized carbons (Fsp3) is 0.167. The highest BCUT2D eigenvalue weighted by atomic mass is 16.7. The summed E-state index contributed by atoms with van der Waals surface area (Å²) in [4.78, 5) is 12.4. The molecule has 0 spiro atoms. The van der Waals surface area contributed by atoms with Crippen LogP contribution in [0.2, 0.25) is 0 Å². The molecule has 0 saturated heterocycles. The van der Waals surface area contributed by atoms with Gasteiger partial charge in [0.1, 0.15) is 11.5 Å². The minimum absolute atomic E-state index is 0.142. The van der Waals surface area contributed by atoms with Gasteiger partial charge in [-0.15, -0.1) is 0 Å². The maximum atomic E-state index is 12.4. The minimum Gasteiger partial charge on any atom is -0.496 e. The van der Waals surface area contributed by atoms with Gasteiger partial charge in [-0.2, -0.15) is 0 Å². The number of carbonyl (C=O) groups is 1. The molecule has 0 amide bonds. The van der Waals surface area contributed by atoms with Crippen molar-refractivity contribution in [1.82, 2.24) is 0 Å². The Morgan fingerprint density at radius 2 is 1.74 bits per heavy atom. The normalized spacial score (nSPS) is 12.4. The number of ketones is 1. The smallest absolute Gasteiger partial charge is 0.231 e. The van der Waals surface area contributed by atoms with E-state index in [9.17, 15) is 4.79 Å². The predicted octanol–water partition coefficient (Wildman–Crippen LogP) is 3.33. The molecule has 0 aliphatic carbocycles. The third kappa shape index (κ3) is 2.99. The number of benzene rings is 2. The van der Waals surface area contributed by atoms with Gasteiger partial charge < -0.3 is 18.9 Å². The molecule has 1 heterocycles. The molecule has 23 heavy (non-hydrogen) atoms. The molecule has 2 aromatic carbocycles. The highest BCUT2D eigenvalue weighted by molar-refractivity contribution is 6.07.